The molecule has 7 atom stereocenters. The largest absolute Gasteiger partial charge is 0.368 e. The molecule has 2 nitrogen and oxygen atoms in total. The number of rotatable bonds is 1. The van der Waals surface area contributed by atoms with Crippen LogP contribution in [0.25, 0.3) is 0 Å². The molecule has 0 saturated heterocycles. The number of allylic oxidation sites excluding steroid dienone is 4. The second-order valence-corrected chi connectivity index (χ2v) is 8.35. The Morgan fingerprint density at radius 3 is 2.73 bits per heavy atom. The van der Waals surface area contributed by atoms with Gasteiger partial charge < -0.3 is 10.2 Å². The molecule has 0 radical (unpaired) electrons. The summed E-state index contributed by atoms with van der Waals surface area (Å²) in [5.74, 6) is 1.72. The van der Waals surface area contributed by atoms with Crippen LogP contribution in [0.5, 0.6) is 0 Å². The summed E-state index contributed by atoms with van der Waals surface area (Å²) in [5.41, 5.74) is -0.420. The normalized spacial score (nSPS) is 53.2. The lowest BCUT2D eigenvalue weighted by Gasteiger charge is -2.58. The van der Waals surface area contributed by atoms with Crippen molar-refractivity contribution in [1.29, 1.82) is 0 Å². The van der Waals surface area contributed by atoms with Gasteiger partial charge in [-0.25, -0.2) is 4.39 Å². The Bertz CT molecular complexity index is 514. The minimum atomic E-state index is -1.37. The van der Waals surface area contributed by atoms with Crippen molar-refractivity contribution in [3.63, 3.8) is 0 Å². The summed E-state index contributed by atoms with van der Waals surface area (Å²) in [5, 5.41) is 20.0. The molecule has 0 heterocycles. The van der Waals surface area contributed by atoms with E-state index in [0.717, 1.165) is 25.7 Å². The second-order valence-electron chi connectivity index (χ2n) is 8.35. The van der Waals surface area contributed by atoms with Gasteiger partial charge in [-0.05, 0) is 67.6 Å². The van der Waals surface area contributed by atoms with Crippen LogP contribution in [0.4, 0.5) is 4.39 Å². The maximum absolute atomic E-state index is 14.2. The third kappa shape index (κ3) is 1.85. The molecule has 22 heavy (non-hydrogen) atoms. The Kier molecular flexibility index (Phi) is 3.32. The Balaban J connectivity index is 1.69. The third-order valence-electron chi connectivity index (χ3n) is 7.64. The molecule has 0 bridgehead atoms. The van der Waals surface area contributed by atoms with Crippen LogP contribution in [0.2, 0.25) is 0 Å². The smallest absolute Gasteiger partial charge is 0.157 e. The molecule has 122 valence electrons. The van der Waals surface area contributed by atoms with Crippen LogP contribution in [0.3, 0.4) is 0 Å². The molecule has 0 aliphatic heterocycles. The zero-order chi connectivity index (χ0) is 15.5. The molecule has 0 amide bonds. The summed E-state index contributed by atoms with van der Waals surface area (Å²) < 4.78 is 14.2. The highest BCUT2D eigenvalue weighted by atomic mass is 19.1. The molecular formula is C19H27FO2. The van der Waals surface area contributed by atoms with Crippen molar-refractivity contribution < 1.29 is 14.6 Å². The average molecular weight is 306 g/mol. The molecule has 3 fully saturated rings. The number of fused-ring (bicyclic) bond motifs is 5. The van der Waals surface area contributed by atoms with E-state index in [1.54, 1.807) is 0 Å². The standard InChI is InChI=1S/C19H27FO2/c1-18-8-3-2-4-12(18)5-6-14-15(18)7-9-19(17(21)22)11-13(20)10-16(14)19/h2-4,8,12-17,21-22H,5-7,9-11H2,1H3/t12?,13?,14-,15+,16+,18+,19+/m1/s1. The van der Waals surface area contributed by atoms with Gasteiger partial charge in [0.2, 0.25) is 0 Å². The predicted octanol–water partition coefficient (Wildman–Crippen LogP) is 3.60. The van der Waals surface area contributed by atoms with Gasteiger partial charge in [0.15, 0.2) is 6.29 Å². The number of halogens is 1. The molecule has 0 spiro atoms. The Hall–Kier alpha value is -0.670. The summed E-state index contributed by atoms with van der Waals surface area (Å²) >= 11 is 0. The quantitative estimate of drug-likeness (QED) is 0.727. The van der Waals surface area contributed by atoms with Crippen molar-refractivity contribution in [1.82, 2.24) is 0 Å². The van der Waals surface area contributed by atoms with Crippen LogP contribution in [-0.4, -0.2) is 22.7 Å². The number of hydrogen-bond donors (Lipinski definition) is 2. The van der Waals surface area contributed by atoms with Gasteiger partial charge in [-0.3, -0.25) is 0 Å². The SMILES string of the molecule is C[C@]12C=CC=CC1CC[C@H]1[C@@H]3CC(F)C[C@@]3(C(O)O)CC[C@@H]12. The second kappa shape index (κ2) is 4.91. The van der Waals surface area contributed by atoms with Gasteiger partial charge in [-0.1, -0.05) is 31.2 Å². The summed E-state index contributed by atoms with van der Waals surface area (Å²) in [7, 11) is 0. The molecule has 4 aliphatic rings. The van der Waals surface area contributed by atoms with Crippen molar-refractivity contribution in [3.8, 4) is 0 Å². The molecule has 3 saturated carbocycles. The molecule has 4 aliphatic carbocycles. The lowest BCUT2D eigenvalue weighted by atomic mass is 9.47. The Morgan fingerprint density at radius 1 is 1.14 bits per heavy atom. The van der Waals surface area contributed by atoms with E-state index in [1.165, 1.54) is 0 Å². The minimum Gasteiger partial charge on any atom is -0.368 e. The van der Waals surface area contributed by atoms with E-state index in [2.05, 4.69) is 31.2 Å². The van der Waals surface area contributed by atoms with Gasteiger partial charge in [-0.15, -0.1) is 0 Å². The van der Waals surface area contributed by atoms with Crippen molar-refractivity contribution in [2.24, 2.45) is 34.5 Å². The molecule has 3 heteroatoms. The fourth-order valence-corrected chi connectivity index (χ4v) is 6.54. The van der Waals surface area contributed by atoms with E-state index >= 15 is 0 Å². The fourth-order valence-electron chi connectivity index (χ4n) is 6.54. The monoisotopic (exact) mass is 306 g/mol. The topological polar surface area (TPSA) is 40.5 Å². The van der Waals surface area contributed by atoms with Gasteiger partial charge in [0.25, 0.3) is 0 Å². The number of aliphatic hydroxyl groups excluding tert-OH is 1. The van der Waals surface area contributed by atoms with Crippen LogP contribution in [0, 0.1) is 34.5 Å². The zero-order valence-corrected chi connectivity index (χ0v) is 13.3. The van der Waals surface area contributed by atoms with Crippen molar-refractivity contribution in [3.05, 3.63) is 24.3 Å². The van der Waals surface area contributed by atoms with Gasteiger partial charge >= 0.3 is 0 Å². The van der Waals surface area contributed by atoms with Gasteiger partial charge in [0, 0.05) is 5.41 Å². The first kappa shape index (κ1) is 14.9. The van der Waals surface area contributed by atoms with E-state index in [1.807, 2.05) is 0 Å². The summed E-state index contributed by atoms with van der Waals surface area (Å²) in [4.78, 5) is 0. The molecule has 2 unspecified atom stereocenters. The van der Waals surface area contributed by atoms with Crippen LogP contribution >= 0.6 is 0 Å². The molecule has 0 aromatic heterocycles. The molecule has 0 aromatic rings. The van der Waals surface area contributed by atoms with E-state index < -0.39 is 17.9 Å². The maximum Gasteiger partial charge on any atom is 0.157 e. The first-order chi connectivity index (χ1) is 10.5. The van der Waals surface area contributed by atoms with Crippen LogP contribution in [-0.2, 0) is 0 Å². The van der Waals surface area contributed by atoms with Crippen molar-refractivity contribution in [2.75, 3.05) is 0 Å². The van der Waals surface area contributed by atoms with Gasteiger partial charge in [-0.2, -0.15) is 0 Å². The lowest BCUT2D eigenvalue weighted by Crippen LogP contribution is -2.53. The average Bonchev–Trinajstić information content (AvgIpc) is 2.84. The number of alkyl halides is 1. The van der Waals surface area contributed by atoms with Crippen molar-refractivity contribution in [2.45, 2.75) is 57.9 Å². The van der Waals surface area contributed by atoms with Gasteiger partial charge in [0.05, 0.1) is 0 Å². The first-order valence-corrected chi connectivity index (χ1v) is 8.83. The van der Waals surface area contributed by atoms with E-state index in [0.29, 0.717) is 30.6 Å². The highest BCUT2D eigenvalue weighted by Gasteiger charge is 2.61. The zero-order valence-electron chi connectivity index (χ0n) is 13.3. The van der Waals surface area contributed by atoms with E-state index in [9.17, 15) is 14.6 Å². The van der Waals surface area contributed by atoms with Crippen LogP contribution in [0.15, 0.2) is 24.3 Å². The van der Waals surface area contributed by atoms with E-state index in [4.69, 9.17) is 0 Å². The Morgan fingerprint density at radius 2 is 1.95 bits per heavy atom. The molecular weight excluding hydrogens is 279 g/mol. The summed E-state index contributed by atoms with van der Waals surface area (Å²) in [6.07, 6.45) is 11.7. The highest BCUT2D eigenvalue weighted by Crippen LogP contribution is 2.65. The van der Waals surface area contributed by atoms with Crippen molar-refractivity contribution >= 4 is 0 Å². The number of hydrogen-bond acceptors (Lipinski definition) is 2. The summed E-state index contributed by atoms with van der Waals surface area (Å²) in [6, 6.07) is 0. The fraction of sp³-hybridized carbons (Fsp3) is 0.789. The molecule has 2 N–H and O–H groups in total. The van der Waals surface area contributed by atoms with Gasteiger partial charge in [0.1, 0.15) is 6.17 Å². The van der Waals surface area contributed by atoms with Crippen LogP contribution < -0.4 is 0 Å². The van der Waals surface area contributed by atoms with Crippen LogP contribution in [0.1, 0.15) is 45.4 Å². The maximum atomic E-state index is 14.2. The number of aliphatic hydroxyl groups is 2. The minimum absolute atomic E-state index is 0.137. The van der Waals surface area contributed by atoms with E-state index in [-0.39, 0.29) is 11.3 Å². The Labute approximate surface area is 132 Å². The highest BCUT2D eigenvalue weighted by molar-refractivity contribution is 5.24. The molecule has 4 rings (SSSR count). The first-order valence-electron chi connectivity index (χ1n) is 8.83. The lowest BCUT2D eigenvalue weighted by molar-refractivity contribution is -0.192. The summed E-state index contributed by atoms with van der Waals surface area (Å²) in [6.45, 7) is 2.36. The molecule has 0 aromatic carbocycles. The predicted molar refractivity (Wildman–Crippen MR) is 83.6 cm³/mol. The third-order valence-corrected chi connectivity index (χ3v) is 7.64.